The van der Waals surface area contributed by atoms with E-state index in [1.165, 1.54) is 5.57 Å². The number of aliphatic imine (C=N–C) groups is 1. The number of hydrogen-bond acceptors (Lipinski definition) is 4. The molecule has 2 heterocycles. The molecule has 0 spiro atoms. The molecule has 30 heavy (non-hydrogen) atoms. The van der Waals surface area contributed by atoms with Crippen molar-refractivity contribution in [1.29, 1.82) is 0 Å². The normalized spacial score (nSPS) is 18.8. The molecule has 0 bridgehead atoms. The van der Waals surface area contributed by atoms with Crippen LogP contribution in [0, 0.1) is 5.92 Å². The lowest BCUT2D eigenvalue weighted by molar-refractivity contribution is 0.0214. The van der Waals surface area contributed by atoms with Gasteiger partial charge in [-0.3, -0.25) is 4.99 Å². The molecule has 0 aromatic heterocycles. The number of carbonyl (C=O) groups excluding carboxylic acids is 1. The van der Waals surface area contributed by atoms with Crippen LogP contribution >= 0.6 is 0 Å². The number of nitrogens with zero attached hydrogens (tertiary/aromatic N) is 3. The second-order valence-corrected chi connectivity index (χ2v) is 9.12. The van der Waals surface area contributed by atoms with Crippen LogP contribution in [-0.4, -0.2) is 79.9 Å². The number of ether oxygens (including phenoxy) is 2. The Morgan fingerprint density at radius 3 is 2.63 bits per heavy atom. The van der Waals surface area contributed by atoms with Gasteiger partial charge in [0.2, 0.25) is 0 Å². The lowest BCUT2D eigenvalue weighted by Crippen LogP contribution is -2.48. The minimum absolute atomic E-state index is 0.204. The van der Waals surface area contributed by atoms with E-state index in [-0.39, 0.29) is 6.09 Å². The zero-order chi connectivity index (χ0) is 22.0. The van der Waals surface area contributed by atoms with Gasteiger partial charge in [-0.2, -0.15) is 0 Å². The van der Waals surface area contributed by atoms with Gasteiger partial charge >= 0.3 is 6.09 Å². The molecule has 0 radical (unpaired) electrons. The van der Waals surface area contributed by atoms with Crippen LogP contribution in [0.3, 0.4) is 0 Å². The molecule has 2 aliphatic heterocycles. The highest BCUT2D eigenvalue weighted by Gasteiger charge is 2.27. The average molecular weight is 423 g/mol. The van der Waals surface area contributed by atoms with Crippen molar-refractivity contribution in [2.45, 2.75) is 65.9 Å². The molecular weight excluding hydrogens is 380 g/mol. The van der Waals surface area contributed by atoms with E-state index in [1.807, 2.05) is 32.6 Å². The van der Waals surface area contributed by atoms with Crippen molar-refractivity contribution in [3.63, 3.8) is 0 Å². The van der Waals surface area contributed by atoms with Crippen LogP contribution in [0.4, 0.5) is 4.79 Å². The molecule has 1 N–H and O–H groups in total. The monoisotopic (exact) mass is 422 g/mol. The van der Waals surface area contributed by atoms with Gasteiger partial charge in [0.1, 0.15) is 5.60 Å². The number of nitrogens with one attached hydrogen (secondary N) is 1. The fourth-order valence-corrected chi connectivity index (χ4v) is 3.82. The molecule has 0 saturated carbocycles. The van der Waals surface area contributed by atoms with Gasteiger partial charge in [-0.25, -0.2) is 4.79 Å². The number of hydrogen-bond donors (Lipinski definition) is 1. The highest BCUT2D eigenvalue weighted by molar-refractivity contribution is 5.80. The topological polar surface area (TPSA) is 66.4 Å². The second kappa shape index (κ2) is 12.2. The van der Waals surface area contributed by atoms with Crippen LogP contribution in [-0.2, 0) is 9.47 Å². The first-order valence-electron chi connectivity index (χ1n) is 11.6. The van der Waals surface area contributed by atoms with Crippen molar-refractivity contribution >= 4 is 12.1 Å². The molecule has 1 saturated heterocycles. The Bertz CT molecular complexity index is 590. The largest absolute Gasteiger partial charge is 0.444 e. The lowest BCUT2D eigenvalue weighted by Gasteiger charge is -2.36. The lowest BCUT2D eigenvalue weighted by atomic mass is 9.96. The Morgan fingerprint density at radius 2 is 2.07 bits per heavy atom. The average Bonchev–Trinajstić information content (AvgIpc) is 2.71. The van der Waals surface area contributed by atoms with Crippen molar-refractivity contribution < 1.29 is 14.3 Å². The number of likely N-dealkylation sites (tertiary alicyclic amines) is 1. The van der Waals surface area contributed by atoms with Crippen molar-refractivity contribution in [1.82, 2.24) is 15.1 Å². The van der Waals surface area contributed by atoms with Gasteiger partial charge in [0.15, 0.2) is 5.96 Å². The molecule has 2 aliphatic rings. The van der Waals surface area contributed by atoms with Crippen LogP contribution in [0.5, 0.6) is 0 Å². The summed E-state index contributed by atoms with van der Waals surface area (Å²) >= 11 is 0. The molecule has 1 fully saturated rings. The SMILES string of the molecule is CCNC(=NCCC1=CCOCC1)N1CCC(CN(CC)C(=O)OC(C)(C)C)CC1. The maximum atomic E-state index is 12.4. The van der Waals surface area contributed by atoms with E-state index in [4.69, 9.17) is 14.5 Å². The minimum atomic E-state index is -0.453. The summed E-state index contributed by atoms with van der Waals surface area (Å²) < 4.78 is 10.9. The van der Waals surface area contributed by atoms with E-state index in [0.29, 0.717) is 12.5 Å². The molecule has 7 heteroatoms. The summed E-state index contributed by atoms with van der Waals surface area (Å²) in [7, 11) is 0. The van der Waals surface area contributed by atoms with Crippen molar-refractivity contribution in [2.75, 3.05) is 52.5 Å². The van der Waals surface area contributed by atoms with Crippen LogP contribution in [0.2, 0.25) is 0 Å². The summed E-state index contributed by atoms with van der Waals surface area (Å²) in [5.74, 6) is 1.52. The number of rotatable bonds is 7. The maximum Gasteiger partial charge on any atom is 0.410 e. The standard InChI is InChI=1S/C23H42N4O3/c1-6-24-21(25-13-8-19-11-16-29-17-12-19)27-14-9-20(10-15-27)18-26(7-2)22(28)30-23(3,4)5/h11,20H,6-10,12-18H2,1-5H3,(H,24,25). The number of carbonyl (C=O) groups is 1. The fraction of sp³-hybridized carbons (Fsp3) is 0.826. The van der Waals surface area contributed by atoms with Gasteiger partial charge in [-0.1, -0.05) is 11.6 Å². The third kappa shape index (κ3) is 8.54. The Labute approximate surface area is 182 Å². The minimum Gasteiger partial charge on any atom is -0.444 e. The van der Waals surface area contributed by atoms with Gasteiger partial charge in [0.25, 0.3) is 0 Å². The summed E-state index contributed by atoms with van der Waals surface area (Å²) in [6, 6.07) is 0. The molecular formula is C23H42N4O3. The molecule has 0 aromatic rings. The number of guanidine groups is 1. The van der Waals surface area contributed by atoms with E-state index in [2.05, 4.69) is 23.2 Å². The fourth-order valence-electron chi connectivity index (χ4n) is 3.82. The highest BCUT2D eigenvalue weighted by Crippen LogP contribution is 2.20. The first kappa shape index (κ1) is 24.5. The highest BCUT2D eigenvalue weighted by atomic mass is 16.6. The summed E-state index contributed by atoms with van der Waals surface area (Å²) in [5, 5.41) is 3.45. The van der Waals surface area contributed by atoms with Crippen LogP contribution < -0.4 is 5.32 Å². The predicted octanol–water partition coefficient (Wildman–Crippen LogP) is 3.66. The summed E-state index contributed by atoms with van der Waals surface area (Å²) in [6.07, 6.45) is 6.16. The third-order valence-corrected chi connectivity index (χ3v) is 5.51. The van der Waals surface area contributed by atoms with Gasteiger partial charge in [0.05, 0.1) is 13.2 Å². The molecule has 7 nitrogen and oxygen atoms in total. The Hall–Kier alpha value is -1.76. The molecule has 1 amide bonds. The number of amides is 1. The summed E-state index contributed by atoms with van der Waals surface area (Å²) in [5.41, 5.74) is 1.01. The quantitative estimate of drug-likeness (QED) is 0.385. The van der Waals surface area contributed by atoms with Gasteiger partial charge in [-0.05, 0) is 66.2 Å². The van der Waals surface area contributed by atoms with Crippen LogP contribution in [0.1, 0.15) is 60.3 Å². The smallest absolute Gasteiger partial charge is 0.410 e. The summed E-state index contributed by atoms with van der Waals surface area (Å²) in [4.78, 5) is 21.5. The summed E-state index contributed by atoms with van der Waals surface area (Å²) in [6.45, 7) is 16.5. The van der Waals surface area contributed by atoms with E-state index in [0.717, 1.165) is 77.6 Å². The van der Waals surface area contributed by atoms with Gasteiger partial charge < -0.3 is 24.6 Å². The molecule has 0 atom stereocenters. The maximum absolute atomic E-state index is 12.4. The zero-order valence-electron chi connectivity index (χ0n) is 19.7. The second-order valence-electron chi connectivity index (χ2n) is 9.12. The van der Waals surface area contributed by atoms with E-state index in [1.54, 1.807) is 0 Å². The van der Waals surface area contributed by atoms with E-state index >= 15 is 0 Å². The van der Waals surface area contributed by atoms with Gasteiger partial charge in [-0.15, -0.1) is 0 Å². The van der Waals surface area contributed by atoms with Crippen molar-refractivity contribution in [2.24, 2.45) is 10.9 Å². The van der Waals surface area contributed by atoms with E-state index in [9.17, 15) is 4.79 Å². The molecule has 2 rings (SSSR count). The third-order valence-electron chi connectivity index (χ3n) is 5.51. The molecule has 172 valence electrons. The Morgan fingerprint density at radius 1 is 1.33 bits per heavy atom. The van der Waals surface area contributed by atoms with Crippen molar-refractivity contribution in [3.05, 3.63) is 11.6 Å². The first-order valence-corrected chi connectivity index (χ1v) is 11.6. The molecule has 0 unspecified atom stereocenters. The Balaban J connectivity index is 1.82. The first-order chi connectivity index (χ1) is 14.3. The molecule has 0 aromatic carbocycles. The van der Waals surface area contributed by atoms with Gasteiger partial charge in [0, 0.05) is 39.3 Å². The Kier molecular flexibility index (Phi) is 9.95. The zero-order valence-corrected chi connectivity index (χ0v) is 19.7. The predicted molar refractivity (Wildman–Crippen MR) is 122 cm³/mol. The van der Waals surface area contributed by atoms with Crippen LogP contribution in [0.15, 0.2) is 16.6 Å². The van der Waals surface area contributed by atoms with Crippen molar-refractivity contribution in [3.8, 4) is 0 Å². The van der Waals surface area contributed by atoms with E-state index < -0.39 is 5.60 Å². The van der Waals surface area contributed by atoms with Crippen LogP contribution in [0.25, 0.3) is 0 Å². The number of piperidine rings is 1. The molecule has 0 aliphatic carbocycles.